The van der Waals surface area contributed by atoms with E-state index in [0.29, 0.717) is 0 Å². The lowest BCUT2D eigenvalue weighted by molar-refractivity contribution is -0.142. The maximum Gasteiger partial charge on any atom is 0.328 e. The first kappa shape index (κ1) is 19.3. The van der Waals surface area contributed by atoms with Gasteiger partial charge in [-0.05, 0) is 41.0 Å². The number of ether oxygens (including phenoxy) is 1. The van der Waals surface area contributed by atoms with Crippen LogP contribution in [0.25, 0.3) is 11.1 Å². The topological polar surface area (TPSA) is 55.4 Å². The fourth-order valence-corrected chi connectivity index (χ4v) is 2.88. The molecule has 4 nitrogen and oxygen atoms in total. The maximum absolute atomic E-state index is 13.0. The Kier molecular flexibility index (Phi) is 6.17. The number of amides is 1. The Balaban J connectivity index is 1.72. The van der Waals surface area contributed by atoms with Crippen molar-refractivity contribution < 1.29 is 18.7 Å². The van der Waals surface area contributed by atoms with E-state index in [1.54, 1.807) is 0 Å². The second-order valence-electron chi connectivity index (χ2n) is 6.32. The number of esters is 1. The first-order valence-corrected chi connectivity index (χ1v) is 8.85. The van der Waals surface area contributed by atoms with Crippen molar-refractivity contribution in [2.45, 2.75) is 12.5 Å². The van der Waals surface area contributed by atoms with Crippen molar-refractivity contribution in [3.63, 3.8) is 0 Å². The Bertz CT molecular complexity index is 938. The van der Waals surface area contributed by atoms with Gasteiger partial charge in [0.05, 0.1) is 7.11 Å². The van der Waals surface area contributed by atoms with Crippen LogP contribution < -0.4 is 5.32 Å². The first-order valence-electron chi connectivity index (χ1n) is 8.85. The molecule has 1 N–H and O–H groups in total. The van der Waals surface area contributed by atoms with Crippen LogP contribution in [0, 0.1) is 5.82 Å². The minimum absolute atomic E-state index is 0.273. The second-order valence-corrected chi connectivity index (χ2v) is 6.32. The van der Waals surface area contributed by atoms with Gasteiger partial charge in [-0.25, -0.2) is 9.18 Å². The molecule has 1 atom stereocenters. The van der Waals surface area contributed by atoms with E-state index < -0.39 is 23.7 Å². The molecular formula is C23H20FNO3. The molecule has 0 saturated carbocycles. The summed E-state index contributed by atoms with van der Waals surface area (Å²) in [6.07, 6.45) is 0.286. The normalized spacial score (nSPS) is 11.5. The Labute approximate surface area is 163 Å². The lowest BCUT2D eigenvalue weighted by Crippen LogP contribution is -2.43. The van der Waals surface area contributed by atoms with Gasteiger partial charge in [-0.15, -0.1) is 0 Å². The molecule has 1 amide bonds. The smallest absolute Gasteiger partial charge is 0.328 e. The summed E-state index contributed by atoms with van der Waals surface area (Å²) in [7, 11) is 1.28. The van der Waals surface area contributed by atoms with E-state index in [0.717, 1.165) is 16.7 Å². The van der Waals surface area contributed by atoms with Gasteiger partial charge in [0.25, 0.3) is 5.91 Å². The highest BCUT2D eigenvalue weighted by molar-refractivity contribution is 5.96. The van der Waals surface area contributed by atoms with Crippen molar-refractivity contribution in [3.05, 3.63) is 95.8 Å². The minimum Gasteiger partial charge on any atom is -0.467 e. The van der Waals surface area contributed by atoms with Gasteiger partial charge in [0.15, 0.2) is 0 Å². The van der Waals surface area contributed by atoms with E-state index in [1.165, 1.54) is 31.4 Å². The molecule has 3 aromatic rings. The number of carbonyl (C=O) groups excluding carboxylic acids is 2. The van der Waals surface area contributed by atoms with Crippen LogP contribution in [-0.2, 0) is 16.0 Å². The summed E-state index contributed by atoms with van der Waals surface area (Å²) in [4.78, 5) is 24.5. The van der Waals surface area contributed by atoms with Gasteiger partial charge < -0.3 is 10.1 Å². The number of benzene rings is 3. The van der Waals surface area contributed by atoms with Crippen LogP contribution >= 0.6 is 0 Å². The highest BCUT2D eigenvalue weighted by Gasteiger charge is 2.22. The zero-order valence-electron chi connectivity index (χ0n) is 15.4. The van der Waals surface area contributed by atoms with E-state index in [1.807, 2.05) is 54.6 Å². The molecule has 0 aliphatic rings. The summed E-state index contributed by atoms with van der Waals surface area (Å²) in [6.45, 7) is 0. The molecule has 5 heteroatoms. The summed E-state index contributed by atoms with van der Waals surface area (Å²) in [5, 5.41) is 2.66. The number of rotatable bonds is 6. The van der Waals surface area contributed by atoms with Crippen LogP contribution in [0.3, 0.4) is 0 Å². The van der Waals surface area contributed by atoms with Gasteiger partial charge in [-0.2, -0.15) is 0 Å². The minimum atomic E-state index is -0.842. The molecule has 3 rings (SSSR count). The van der Waals surface area contributed by atoms with E-state index in [-0.39, 0.29) is 12.0 Å². The molecule has 0 unspecified atom stereocenters. The fourth-order valence-electron chi connectivity index (χ4n) is 2.88. The zero-order valence-corrected chi connectivity index (χ0v) is 15.4. The molecule has 0 aliphatic carbocycles. The summed E-state index contributed by atoms with van der Waals surface area (Å²) in [6, 6.07) is 22.0. The summed E-state index contributed by atoms with van der Waals surface area (Å²) in [5.74, 6) is -1.43. The molecule has 0 fully saturated rings. The summed E-state index contributed by atoms with van der Waals surface area (Å²) in [5.41, 5.74) is 3.32. The van der Waals surface area contributed by atoms with Gasteiger partial charge in [-0.3, -0.25) is 4.79 Å². The lowest BCUT2D eigenvalue weighted by Gasteiger charge is -2.17. The van der Waals surface area contributed by atoms with Crippen LogP contribution in [0.2, 0.25) is 0 Å². The predicted molar refractivity (Wildman–Crippen MR) is 105 cm³/mol. The highest BCUT2D eigenvalue weighted by atomic mass is 19.1. The van der Waals surface area contributed by atoms with Crippen molar-refractivity contribution in [1.29, 1.82) is 0 Å². The predicted octanol–water partition coefficient (Wildman–Crippen LogP) is 4.01. The van der Waals surface area contributed by atoms with Crippen molar-refractivity contribution in [2.24, 2.45) is 0 Å². The lowest BCUT2D eigenvalue weighted by atomic mass is 10.0. The van der Waals surface area contributed by atoms with E-state index in [4.69, 9.17) is 4.74 Å². The first-order chi connectivity index (χ1) is 13.6. The quantitative estimate of drug-likeness (QED) is 0.661. The van der Waals surface area contributed by atoms with Crippen LogP contribution in [0.15, 0.2) is 78.9 Å². The molecule has 142 valence electrons. The van der Waals surface area contributed by atoms with Crippen LogP contribution in [0.5, 0.6) is 0 Å². The number of hydrogen-bond acceptors (Lipinski definition) is 3. The van der Waals surface area contributed by atoms with Crippen molar-refractivity contribution in [2.75, 3.05) is 7.11 Å². The maximum atomic E-state index is 13.0. The van der Waals surface area contributed by atoms with Gasteiger partial charge in [0, 0.05) is 12.0 Å². The number of methoxy groups -OCH3 is 1. The van der Waals surface area contributed by atoms with Crippen LogP contribution in [0.1, 0.15) is 15.9 Å². The Hall–Kier alpha value is -3.47. The largest absolute Gasteiger partial charge is 0.467 e. The van der Waals surface area contributed by atoms with Crippen LogP contribution in [0.4, 0.5) is 4.39 Å². The third-order valence-electron chi connectivity index (χ3n) is 4.40. The van der Waals surface area contributed by atoms with Gasteiger partial charge in [0.1, 0.15) is 11.9 Å². The van der Waals surface area contributed by atoms with Gasteiger partial charge in [-0.1, -0.05) is 54.6 Å². The van der Waals surface area contributed by atoms with Crippen molar-refractivity contribution >= 4 is 11.9 Å². The molecule has 0 spiro atoms. The molecule has 28 heavy (non-hydrogen) atoms. The monoisotopic (exact) mass is 377 g/mol. The molecule has 0 heterocycles. The van der Waals surface area contributed by atoms with Crippen molar-refractivity contribution in [1.82, 2.24) is 5.32 Å². The number of nitrogens with one attached hydrogen (secondary N) is 1. The van der Waals surface area contributed by atoms with E-state index in [2.05, 4.69) is 5.32 Å². The Morgan fingerprint density at radius 1 is 0.893 bits per heavy atom. The summed E-state index contributed by atoms with van der Waals surface area (Å²) >= 11 is 0. The summed E-state index contributed by atoms with van der Waals surface area (Å²) < 4.78 is 17.9. The molecule has 0 radical (unpaired) electrons. The third-order valence-corrected chi connectivity index (χ3v) is 4.40. The molecule has 0 aromatic heterocycles. The van der Waals surface area contributed by atoms with Gasteiger partial charge >= 0.3 is 5.97 Å². The molecular weight excluding hydrogens is 357 g/mol. The number of carbonyl (C=O) groups is 2. The average Bonchev–Trinajstić information content (AvgIpc) is 2.74. The standard InChI is InChI=1S/C23H20FNO3/c1-28-23(27)21(25-22(26)19-11-13-20(24)14-12-19)15-16-7-9-18(10-8-16)17-5-3-2-4-6-17/h2-14,21H,15H2,1H3,(H,25,26)/t21-/m0/s1. The van der Waals surface area contributed by atoms with Gasteiger partial charge in [0.2, 0.25) is 0 Å². The third kappa shape index (κ3) is 4.82. The van der Waals surface area contributed by atoms with E-state index >= 15 is 0 Å². The number of hydrogen-bond donors (Lipinski definition) is 1. The molecule has 0 aliphatic heterocycles. The SMILES string of the molecule is COC(=O)[C@H](Cc1ccc(-c2ccccc2)cc1)NC(=O)c1ccc(F)cc1. The Morgan fingerprint density at radius 3 is 2.11 bits per heavy atom. The van der Waals surface area contributed by atoms with E-state index in [9.17, 15) is 14.0 Å². The second kappa shape index (κ2) is 8.95. The molecule has 3 aromatic carbocycles. The average molecular weight is 377 g/mol. The van der Waals surface area contributed by atoms with Crippen molar-refractivity contribution in [3.8, 4) is 11.1 Å². The zero-order chi connectivity index (χ0) is 19.9. The molecule has 0 saturated heterocycles. The Morgan fingerprint density at radius 2 is 1.50 bits per heavy atom. The molecule has 0 bridgehead atoms. The van der Waals surface area contributed by atoms with Crippen LogP contribution in [-0.4, -0.2) is 25.0 Å². The number of halogens is 1. The fraction of sp³-hybridized carbons (Fsp3) is 0.130. The highest BCUT2D eigenvalue weighted by Crippen LogP contribution is 2.20.